The molecule has 0 aliphatic heterocycles. The number of benzene rings is 1. The summed E-state index contributed by atoms with van der Waals surface area (Å²) >= 11 is 5.81. The number of hydrogen-bond acceptors (Lipinski definition) is 2. The van der Waals surface area contributed by atoms with Crippen molar-refractivity contribution in [3.05, 3.63) is 58.2 Å². The molecule has 0 unspecified atom stereocenters. The highest BCUT2D eigenvalue weighted by Crippen LogP contribution is 2.32. The minimum atomic E-state index is -4.44. The molecule has 2 aromatic rings. The zero-order valence-electron chi connectivity index (χ0n) is 10.6. The van der Waals surface area contributed by atoms with Gasteiger partial charge in [-0.2, -0.15) is 13.2 Å². The van der Waals surface area contributed by atoms with Gasteiger partial charge in [-0.05, 0) is 18.6 Å². The smallest absolute Gasteiger partial charge is 0.365 e. The van der Waals surface area contributed by atoms with Crippen molar-refractivity contribution >= 4 is 17.4 Å². The lowest BCUT2D eigenvalue weighted by Gasteiger charge is -2.11. The van der Waals surface area contributed by atoms with E-state index in [-0.39, 0.29) is 10.8 Å². The molecule has 1 aromatic carbocycles. The summed E-state index contributed by atoms with van der Waals surface area (Å²) in [5.74, 6) is 0.237. The number of aromatic nitrogens is 1. The number of aryl methyl sites for hydroxylation is 1. The number of alkyl halides is 3. The van der Waals surface area contributed by atoms with Crippen molar-refractivity contribution in [1.29, 1.82) is 0 Å². The lowest BCUT2D eigenvalue weighted by molar-refractivity contribution is -0.137. The number of rotatable bonds is 3. The third-order valence-corrected chi connectivity index (χ3v) is 3.00. The van der Waals surface area contributed by atoms with Gasteiger partial charge in [0.25, 0.3) is 0 Å². The molecule has 0 aliphatic rings. The maximum atomic E-state index is 12.5. The van der Waals surface area contributed by atoms with Crippen LogP contribution in [-0.4, -0.2) is 4.98 Å². The highest BCUT2D eigenvalue weighted by Gasteiger charge is 2.31. The Bertz CT molecular complexity index is 612. The van der Waals surface area contributed by atoms with Crippen molar-refractivity contribution in [1.82, 2.24) is 4.98 Å². The molecule has 0 aliphatic carbocycles. The van der Waals surface area contributed by atoms with Crippen LogP contribution < -0.4 is 5.32 Å². The minimum absolute atomic E-state index is 0.0486. The standard InChI is InChI=1S/C14H12ClF3N2/c1-9-3-2-4-10(5-9)7-19-13-12(15)6-11(8-20-13)14(16,17)18/h2-6,8H,7H2,1H3,(H,19,20). The third kappa shape index (κ3) is 3.63. The summed E-state index contributed by atoms with van der Waals surface area (Å²) in [4.78, 5) is 3.72. The summed E-state index contributed by atoms with van der Waals surface area (Å²) in [6, 6.07) is 8.64. The quantitative estimate of drug-likeness (QED) is 0.890. The Morgan fingerprint density at radius 2 is 2.00 bits per heavy atom. The van der Waals surface area contributed by atoms with Crippen LogP contribution in [0.25, 0.3) is 0 Å². The largest absolute Gasteiger partial charge is 0.417 e. The van der Waals surface area contributed by atoms with Gasteiger partial charge in [0, 0.05) is 12.7 Å². The van der Waals surface area contributed by atoms with E-state index < -0.39 is 11.7 Å². The number of anilines is 1. The van der Waals surface area contributed by atoms with Gasteiger partial charge in [-0.25, -0.2) is 4.98 Å². The van der Waals surface area contributed by atoms with Crippen molar-refractivity contribution in [2.45, 2.75) is 19.6 Å². The topological polar surface area (TPSA) is 24.9 Å². The van der Waals surface area contributed by atoms with Gasteiger partial charge in [-0.3, -0.25) is 0 Å². The van der Waals surface area contributed by atoms with E-state index in [1.54, 1.807) is 0 Å². The summed E-state index contributed by atoms with van der Waals surface area (Å²) in [5, 5.41) is 2.88. The van der Waals surface area contributed by atoms with Crippen molar-refractivity contribution in [2.75, 3.05) is 5.32 Å². The van der Waals surface area contributed by atoms with Crippen LogP contribution in [0.5, 0.6) is 0 Å². The van der Waals surface area contributed by atoms with E-state index in [1.807, 2.05) is 31.2 Å². The lowest BCUT2D eigenvalue weighted by atomic mass is 10.1. The van der Waals surface area contributed by atoms with Crippen LogP contribution in [0.1, 0.15) is 16.7 Å². The molecule has 0 fully saturated rings. The minimum Gasteiger partial charge on any atom is -0.365 e. The monoisotopic (exact) mass is 300 g/mol. The Hall–Kier alpha value is -1.75. The van der Waals surface area contributed by atoms with Crippen LogP contribution in [0.4, 0.5) is 19.0 Å². The normalized spacial score (nSPS) is 11.4. The number of nitrogens with zero attached hydrogens (tertiary/aromatic N) is 1. The second-order valence-electron chi connectivity index (χ2n) is 4.39. The second-order valence-corrected chi connectivity index (χ2v) is 4.80. The third-order valence-electron chi connectivity index (χ3n) is 2.71. The van der Waals surface area contributed by atoms with Gasteiger partial charge in [0.1, 0.15) is 5.82 Å². The molecular weight excluding hydrogens is 289 g/mol. The predicted octanol–water partition coefficient (Wildman–Crippen LogP) is 4.67. The molecule has 0 saturated heterocycles. The van der Waals surface area contributed by atoms with E-state index in [0.29, 0.717) is 6.54 Å². The van der Waals surface area contributed by atoms with Gasteiger partial charge in [-0.1, -0.05) is 41.4 Å². The SMILES string of the molecule is Cc1cccc(CNc2ncc(C(F)(F)F)cc2Cl)c1. The average molecular weight is 301 g/mol. The first-order chi connectivity index (χ1) is 9.36. The fraction of sp³-hybridized carbons (Fsp3) is 0.214. The summed E-state index contributed by atoms with van der Waals surface area (Å²) in [7, 11) is 0. The zero-order chi connectivity index (χ0) is 14.8. The Balaban J connectivity index is 2.11. The molecule has 0 spiro atoms. The molecule has 6 heteroatoms. The van der Waals surface area contributed by atoms with Crippen molar-refractivity contribution in [2.24, 2.45) is 0 Å². The molecule has 0 atom stereocenters. The molecule has 0 saturated carbocycles. The molecule has 0 bridgehead atoms. The first-order valence-electron chi connectivity index (χ1n) is 5.88. The maximum absolute atomic E-state index is 12.5. The van der Waals surface area contributed by atoms with E-state index in [4.69, 9.17) is 11.6 Å². The van der Waals surface area contributed by atoms with Gasteiger partial charge in [0.2, 0.25) is 0 Å². The maximum Gasteiger partial charge on any atom is 0.417 e. The summed E-state index contributed by atoms with van der Waals surface area (Å²) in [5.41, 5.74) is 1.25. The number of hydrogen-bond donors (Lipinski definition) is 1. The van der Waals surface area contributed by atoms with Gasteiger partial charge in [0.05, 0.1) is 10.6 Å². The number of halogens is 4. The van der Waals surface area contributed by atoms with Gasteiger partial charge in [0.15, 0.2) is 0 Å². The first-order valence-corrected chi connectivity index (χ1v) is 6.26. The Labute approximate surface area is 119 Å². The molecule has 1 heterocycles. The van der Waals surface area contributed by atoms with Crippen LogP contribution in [0.3, 0.4) is 0 Å². The summed E-state index contributed by atoms with van der Waals surface area (Å²) in [6.45, 7) is 2.41. The fourth-order valence-electron chi connectivity index (χ4n) is 1.73. The van der Waals surface area contributed by atoms with Crippen LogP contribution in [0, 0.1) is 6.92 Å². The molecule has 2 rings (SSSR count). The zero-order valence-corrected chi connectivity index (χ0v) is 11.4. The highest BCUT2D eigenvalue weighted by molar-refractivity contribution is 6.32. The average Bonchev–Trinajstić information content (AvgIpc) is 2.36. The summed E-state index contributed by atoms with van der Waals surface area (Å²) in [6.07, 6.45) is -3.67. The number of pyridine rings is 1. The molecule has 0 radical (unpaired) electrons. The van der Waals surface area contributed by atoms with Crippen LogP contribution in [-0.2, 0) is 12.7 Å². The summed E-state index contributed by atoms with van der Waals surface area (Å²) < 4.78 is 37.4. The van der Waals surface area contributed by atoms with E-state index in [0.717, 1.165) is 23.4 Å². The molecule has 0 amide bonds. The van der Waals surface area contributed by atoms with E-state index in [9.17, 15) is 13.2 Å². The van der Waals surface area contributed by atoms with Crippen molar-refractivity contribution in [3.8, 4) is 0 Å². The van der Waals surface area contributed by atoms with E-state index >= 15 is 0 Å². The van der Waals surface area contributed by atoms with Crippen LogP contribution in [0.2, 0.25) is 5.02 Å². The van der Waals surface area contributed by atoms with Gasteiger partial charge >= 0.3 is 6.18 Å². The highest BCUT2D eigenvalue weighted by atomic mass is 35.5. The first kappa shape index (κ1) is 14.7. The molecule has 1 N–H and O–H groups in total. The van der Waals surface area contributed by atoms with Crippen molar-refractivity contribution < 1.29 is 13.2 Å². The predicted molar refractivity (Wildman–Crippen MR) is 72.8 cm³/mol. The Kier molecular flexibility index (Phi) is 4.18. The molecule has 106 valence electrons. The Morgan fingerprint density at radius 1 is 1.25 bits per heavy atom. The van der Waals surface area contributed by atoms with Crippen LogP contribution in [0.15, 0.2) is 36.5 Å². The number of nitrogens with one attached hydrogen (secondary N) is 1. The molecule has 1 aromatic heterocycles. The van der Waals surface area contributed by atoms with Crippen molar-refractivity contribution in [3.63, 3.8) is 0 Å². The van der Waals surface area contributed by atoms with Gasteiger partial charge in [-0.15, -0.1) is 0 Å². The van der Waals surface area contributed by atoms with E-state index in [2.05, 4.69) is 10.3 Å². The van der Waals surface area contributed by atoms with Crippen LogP contribution >= 0.6 is 11.6 Å². The van der Waals surface area contributed by atoms with E-state index in [1.165, 1.54) is 0 Å². The molecule has 2 nitrogen and oxygen atoms in total. The molecular formula is C14H12ClF3N2. The Morgan fingerprint density at radius 3 is 2.60 bits per heavy atom. The van der Waals surface area contributed by atoms with Gasteiger partial charge < -0.3 is 5.32 Å². The molecule has 20 heavy (non-hydrogen) atoms. The fourth-order valence-corrected chi connectivity index (χ4v) is 1.96. The second kappa shape index (κ2) is 5.71. The lowest BCUT2D eigenvalue weighted by Crippen LogP contribution is -2.08.